The molecule has 2 aromatic rings. The number of carbonyl (C=O) groups is 1. The number of nitrogens with zero attached hydrogens (tertiary/aromatic N) is 3. The average molecular weight is 324 g/mol. The summed E-state index contributed by atoms with van der Waals surface area (Å²) in [5.41, 5.74) is 0.424. The molecule has 6 nitrogen and oxygen atoms in total. The van der Waals surface area contributed by atoms with Crippen LogP contribution in [-0.2, 0) is 6.54 Å². The quantitative estimate of drug-likeness (QED) is 0.287. The second-order valence-electron chi connectivity index (χ2n) is 3.64. The number of carbonyl (C=O) groups excluding carboxylic acids is 1. The molecule has 19 heavy (non-hydrogen) atoms. The molecule has 0 fully saturated rings. The topological polar surface area (TPSA) is 77.0 Å². The van der Waals surface area contributed by atoms with Gasteiger partial charge >= 0.3 is 0 Å². The Morgan fingerprint density at radius 1 is 1.21 bits per heavy atom. The van der Waals surface area contributed by atoms with E-state index in [9.17, 15) is 14.9 Å². The lowest BCUT2D eigenvalue weighted by Gasteiger charge is -1.97. The first kappa shape index (κ1) is 14.9. The summed E-state index contributed by atoms with van der Waals surface area (Å²) in [5, 5.41) is 10.5. The molecule has 0 atom stereocenters. The van der Waals surface area contributed by atoms with Gasteiger partial charge in [0.25, 0.3) is 5.69 Å². The fourth-order valence-corrected chi connectivity index (χ4v) is 1.48. The van der Waals surface area contributed by atoms with Crippen molar-refractivity contribution in [2.24, 2.45) is 0 Å². The fraction of sp³-hybridized carbons (Fsp3) is 0.0833. The van der Waals surface area contributed by atoms with E-state index in [4.69, 9.17) is 0 Å². The summed E-state index contributed by atoms with van der Waals surface area (Å²) in [6.07, 6.45) is 6.54. The van der Waals surface area contributed by atoms with E-state index in [2.05, 4.69) is 4.98 Å². The lowest BCUT2D eigenvalue weighted by Crippen LogP contribution is -3.00. The fourth-order valence-electron chi connectivity index (χ4n) is 1.48. The van der Waals surface area contributed by atoms with E-state index in [1.165, 1.54) is 24.3 Å². The first-order valence-electron chi connectivity index (χ1n) is 5.23. The van der Waals surface area contributed by atoms with Gasteiger partial charge in [-0.3, -0.25) is 19.9 Å². The molecule has 0 N–H and O–H groups in total. The highest BCUT2D eigenvalue weighted by molar-refractivity contribution is 5.95. The summed E-state index contributed by atoms with van der Waals surface area (Å²) in [6.45, 7) is 0.181. The van der Waals surface area contributed by atoms with Crippen molar-refractivity contribution in [1.82, 2.24) is 4.98 Å². The number of hydrogen-bond acceptors (Lipinski definition) is 4. The minimum Gasteiger partial charge on any atom is -1.00 e. The third-order valence-corrected chi connectivity index (χ3v) is 2.41. The number of benzene rings is 1. The summed E-state index contributed by atoms with van der Waals surface area (Å²) in [4.78, 5) is 25.7. The molecule has 0 aliphatic carbocycles. The smallest absolute Gasteiger partial charge is 0.269 e. The molecule has 0 bridgehead atoms. The summed E-state index contributed by atoms with van der Waals surface area (Å²) in [6, 6.07) is 5.57. The minimum absolute atomic E-state index is 0. The molecule has 7 heteroatoms. The molecule has 1 aromatic heterocycles. The molecule has 0 saturated heterocycles. The maximum Gasteiger partial charge on any atom is 0.269 e. The summed E-state index contributed by atoms with van der Waals surface area (Å²) in [5.74, 6) is -0.110. The predicted octanol–water partition coefficient (Wildman–Crippen LogP) is -1.84. The maximum absolute atomic E-state index is 11.9. The number of non-ortho nitro benzene ring substituents is 1. The van der Waals surface area contributed by atoms with E-state index >= 15 is 0 Å². The van der Waals surface area contributed by atoms with Crippen molar-refractivity contribution < 1.29 is 31.3 Å². The monoisotopic (exact) mass is 323 g/mol. The molecule has 0 unspecified atom stereocenters. The van der Waals surface area contributed by atoms with Crippen LogP contribution in [0, 0.1) is 10.1 Å². The van der Waals surface area contributed by atoms with Crippen LogP contribution in [0.3, 0.4) is 0 Å². The molecule has 0 aliphatic rings. The zero-order valence-corrected chi connectivity index (χ0v) is 11.4. The Morgan fingerprint density at radius 2 is 1.79 bits per heavy atom. The number of nitro benzene ring substituents is 1. The standard InChI is InChI=1S/C12H10N3O3.BrH/c16-12(9-14-7-5-13-6-8-14)10-1-3-11(4-2-10)15(17)18;/h1-8H,9H2;1H/q+1;/p-1. The Bertz CT molecular complexity index is 573. The molecule has 0 saturated carbocycles. The minimum atomic E-state index is -0.494. The average Bonchev–Trinajstić information content (AvgIpc) is 2.40. The highest BCUT2D eigenvalue weighted by atomic mass is 79.9. The Kier molecular flexibility index (Phi) is 5.25. The zero-order chi connectivity index (χ0) is 13.0. The van der Waals surface area contributed by atoms with Gasteiger partial charge in [0.05, 0.1) is 17.3 Å². The summed E-state index contributed by atoms with van der Waals surface area (Å²) in [7, 11) is 0. The van der Waals surface area contributed by atoms with Gasteiger partial charge in [0, 0.05) is 17.7 Å². The van der Waals surface area contributed by atoms with Gasteiger partial charge < -0.3 is 17.0 Å². The molecular formula is C12H10BrN3O3. The van der Waals surface area contributed by atoms with Crippen LogP contribution in [0.2, 0.25) is 0 Å². The van der Waals surface area contributed by atoms with Crippen LogP contribution in [0.4, 0.5) is 5.69 Å². The Hall–Kier alpha value is -2.15. The SMILES string of the molecule is O=C(C[n+]1ccncc1)c1ccc([N+](=O)[O-])cc1.[Br-]. The van der Waals surface area contributed by atoms with Crippen molar-refractivity contribution in [3.8, 4) is 0 Å². The molecule has 98 valence electrons. The normalized spacial score (nSPS) is 9.47. The van der Waals surface area contributed by atoms with E-state index in [0.29, 0.717) is 5.56 Å². The van der Waals surface area contributed by atoms with Crippen LogP contribution >= 0.6 is 0 Å². The number of rotatable bonds is 4. The first-order valence-corrected chi connectivity index (χ1v) is 5.23. The Balaban J connectivity index is 0.00000180. The lowest BCUT2D eigenvalue weighted by atomic mass is 10.1. The Morgan fingerprint density at radius 3 is 2.32 bits per heavy atom. The second-order valence-corrected chi connectivity index (χ2v) is 3.64. The lowest BCUT2D eigenvalue weighted by molar-refractivity contribution is -0.683. The van der Waals surface area contributed by atoms with Gasteiger partial charge in [-0.1, -0.05) is 0 Å². The number of Topliss-reactive ketones (excluding diaryl/α,β-unsaturated/α-hetero) is 1. The van der Waals surface area contributed by atoms with Gasteiger partial charge in [-0.25, -0.2) is 0 Å². The number of ketones is 1. The number of halogens is 1. The molecule has 0 radical (unpaired) electrons. The van der Waals surface area contributed by atoms with Gasteiger partial charge in [0.2, 0.25) is 12.3 Å². The molecule has 1 heterocycles. The van der Waals surface area contributed by atoms with Crippen molar-refractivity contribution in [2.45, 2.75) is 6.54 Å². The highest BCUT2D eigenvalue weighted by Gasteiger charge is 2.13. The van der Waals surface area contributed by atoms with E-state index in [1.54, 1.807) is 29.4 Å². The van der Waals surface area contributed by atoms with Gasteiger partial charge in [-0.2, -0.15) is 4.57 Å². The van der Waals surface area contributed by atoms with E-state index in [1.807, 2.05) is 0 Å². The van der Waals surface area contributed by atoms with Crippen molar-refractivity contribution in [1.29, 1.82) is 0 Å². The van der Waals surface area contributed by atoms with Crippen LogP contribution in [0.5, 0.6) is 0 Å². The van der Waals surface area contributed by atoms with Crippen molar-refractivity contribution in [2.75, 3.05) is 0 Å². The second kappa shape index (κ2) is 6.69. The van der Waals surface area contributed by atoms with E-state index < -0.39 is 4.92 Å². The molecular weight excluding hydrogens is 314 g/mol. The maximum atomic E-state index is 11.9. The highest BCUT2D eigenvalue weighted by Crippen LogP contribution is 2.12. The summed E-state index contributed by atoms with van der Waals surface area (Å²) >= 11 is 0. The van der Waals surface area contributed by atoms with Crippen LogP contribution in [0.1, 0.15) is 10.4 Å². The van der Waals surface area contributed by atoms with Gasteiger partial charge in [-0.05, 0) is 12.1 Å². The van der Waals surface area contributed by atoms with Crippen LogP contribution < -0.4 is 21.5 Å². The molecule has 0 aliphatic heterocycles. The van der Waals surface area contributed by atoms with Crippen LogP contribution in [0.25, 0.3) is 0 Å². The Labute approximate surface area is 119 Å². The predicted molar refractivity (Wildman–Crippen MR) is 61.9 cm³/mol. The molecule has 2 rings (SSSR count). The van der Waals surface area contributed by atoms with Crippen molar-refractivity contribution >= 4 is 11.5 Å². The zero-order valence-electron chi connectivity index (χ0n) is 9.77. The third-order valence-electron chi connectivity index (χ3n) is 2.41. The summed E-state index contributed by atoms with van der Waals surface area (Å²) < 4.78 is 1.69. The number of nitro groups is 1. The molecule has 0 spiro atoms. The third kappa shape index (κ3) is 3.92. The first-order chi connectivity index (χ1) is 8.66. The number of aromatic nitrogens is 2. The largest absolute Gasteiger partial charge is 1.00 e. The van der Waals surface area contributed by atoms with Crippen molar-refractivity contribution in [3.63, 3.8) is 0 Å². The number of hydrogen-bond donors (Lipinski definition) is 0. The van der Waals surface area contributed by atoms with Crippen LogP contribution in [-0.4, -0.2) is 15.7 Å². The van der Waals surface area contributed by atoms with Crippen LogP contribution in [0.15, 0.2) is 49.1 Å². The van der Waals surface area contributed by atoms with Gasteiger partial charge in [0.15, 0.2) is 12.4 Å². The van der Waals surface area contributed by atoms with E-state index in [0.717, 1.165) is 0 Å². The van der Waals surface area contributed by atoms with E-state index in [-0.39, 0.29) is 35.0 Å². The molecule has 0 amide bonds. The van der Waals surface area contributed by atoms with Crippen molar-refractivity contribution in [3.05, 3.63) is 64.7 Å². The van der Waals surface area contributed by atoms with Gasteiger partial charge in [0.1, 0.15) is 0 Å². The van der Waals surface area contributed by atoms with Gasteiger partial charge in [-0.15, -0.1) is 0 Å². The molecule has 1 aromatic carbocycles.